The van der Waals surface area contributed by atoms with E-state index in [1.807, 2.05) is 30.3 Å². The second-order valence-electron chi connectivity index (χ2n) is 3.16. The number of ether oxygens (including phenoxy) is 1. The highest BCUT2D eigenvalue weighted by Crippen LogP contribution is 2.21. The number of amides is 2. The molecule has 0 atom stereocenters. The van der Waals surface area contributed by atoms with E-state index in [4.69, 9.17) is 4.74 Å². The summed E-state index contributed by atoms with van der Waals surface area (Å²) in [6.07, 6.45) is 3.54. The van der Waals surface area contributed by atoms with Gasteiger partial charge in [0.1, 0.15) is 5.75 Å². The van der Waals surface area contributed by atoms with Crippen molar-refractivity contribution in [3.05, 3.63) is 36.5 Å². The van der Waals surface area contributed by atoms with Crippen LogP contribution >= 0.6 is 0 Å². The lowest BCUT2D eigenvalue weighted by Crippen LogP contribution is -2.40. The Morgan fingerprint density at radius 3 is 3.07 bits per heavy atom. The van der Waals surface area contributed by atoms with Gasteiger partial charge in [-0.2, -0.15) is 0 Å². The first-order valence-electron chi connectivity index (χ1n) is 4.68. The van der Waals surface area contributed by atoms with Crippen LogP contribution in [0.15, 0.2) is 36.5 Å². The van der Waals surface area contributed by atoms with Gasteiger partial charge in [-0.1, -0.05) is 6.07 Å². The highest BCUT2D eigenvalue weighted by Gasteiger charge is 2.16. The van der Waals surface area contributed by atoms with Crippen LogP contribution in [0.1, 0.15) is 0 Å². The van der Waals surface area contributed by atoms with Gasteiger partial charge in [-0.3, -0.25) is 4.90 Å². The van der Waals surface area contributed by atoms with Crippen molar-refractivity contribution >= 4 is 11.7 Å². The normalized spacial score (nSPS) is 15.0. The lowest BCUT2D eigenvalue weighted by molar-refractivity contribution is 0.249. The van der Waals surface area contributed by atoms with E-state index in [0.717, 1.165) is 11.4 Å². The molecule has 0 aliphatic carbocycles. The molecule has 0 aromatic heterocycles. The molecule has 78 valence electrons. The molecule has 1 N–H and O–H groups in total. The number of anilines is 1. The first-order valence-corrected chi connectivity index (χ1v) is 4.68. The molecule has 1 aromatic rings. The summed E-state index contributed by atoms with van der Waals surface area (Å²) >= 11 is 0. The van der Waals surface area contributed by atoms with Gasteiger partial charge in [0.05, 0.1) is 7.11 Å². The smallest absolute Gasteiger partial charge is 0.326 e. The number of urea groups is 1. The molecular weight excluding hydrogens is 192 g/mol. The largest absolute Gasteiger partial charge is 0.497 e. The number of hydrogen-bond acceptors (Lipinski definition) is 2. The van der Waals surface area contributed by atoms with Crippen molar-refractivity contribution in [1.82, 2.24) is 5.32 Å². The predicted molar refractivity (Wildman–Crippen MR) is 58.0 cm³/mol. The number of benzene rings is 1. The summed E-state index contributed by atoms with van der Waals surface area (Å²) in [5.41, 5.74) is 0.830. The van der Waals surface area contributed by atoms with E-state index in [0.29, 0.717) is 6.54 Å². The van der Waals surface area contributed by atoms with Gasteiger partial charge in [0.2, 0.25) is 0 Å². The number of nitrogens with one attached hydrogen (secondary N) is 1. The molecule has 1 aliphatic heterocycles. The van der Waals surface area contributed by atoms with Crippen molar-refractivity contribution in [3.63, 3.8) is 0 Å². The molecule has 0 unspecified atom stereocenters. The molecule has 15 heavy (non-hydrogen) atoms. The van der Waals surface area contributed by atoms with Gasteiger partial charge in [-0.05, 0) is 18.2 Å². The van der Waals surface area contributed by atoms with Gasteiger partial charge in [0.15, 0.2) is 0 Å². The van der Waals surface area contributed by atoms with Gasteiger partial charge in [-0.25, -0.2) is 4.79 Å². The average Bonchev–Trinajstić information content (AvgIpc) is 2.30. The lowest BCUT2D eigenvalue weighted by atomic mass is 10.2. The van der Waals surface area contributed by atoms with Crippen LogP contribution in [0.25, 0.3) is 0 Å². The van der Waals surface area contributed by atoms with Gasteiger partial charge >= 0.3 is 6.03 Å². The molecule has 2 rings (SSSR count). The summed E-state index contributed by atoms with van der Waals surface area (Å²) in [6.45, 7) is 0.582. The molecule has 2 amide bonds. The van der Waals surface area contributed by atoms with Crippen LogP contribution in [-0.2, 0) is 0 Å². The molecule has 1 aliphatic rings. The number of carbonyl (C=O) groups excluding carboxylic acids is 1. The summed E-state index contributed by atoms with van der Waals surface area (Å²) in [6, 6.07) is 7.30. The maximum atomic E-state index is 11.5. The van der Waals surface area contributed by atoms with Crippen LogP contribution in [0.5, 0.6) is 5.75 Å². The molecule has 4 nitrogen and oxygen atoms in total. The second kappa shape index (κ2) is 4.04. The van der Waals surface area contributed by atoms with Gasteiger partial charge in [0.25, 0.3) is 0 Å². The SMILES string of the molecule is COc1cccc(N2CC=CNC2=O)c1. The molecular formula is C11H12N2O2. The summed E-state index contributed by atoms with van der Waals surface area (Å²) in [7, 11) is 1.61. The highest BCUT2D eigenvalue weighted by atomic mass is 16.5. The number of rotatable bonds is 2. The Balaban J connectivity index is 2.28. The molecule has 0 radical (unpaired) electrons. The summed E-state index contributed by atoms with van der Waals surface area (Å²) < 4.78 is 5.10. The Morgan fingerprint density at radius 2 is 2.33 bits per heavy atom. The Morgan fingerprint density at radius 1 is 1.47 bits per heavy atom. The molecule has 4 heteroatoms. The maximum Gasteiger partial charge on any atom is 0.326 e. The number of methoxy groups -OCH3 is 1. The molecule has 0 spiro atoms. The predicted octanol–water partition coefficient (Wildman–Crippen LogP) is 1.74. The summed E-state index contributed by atoms with van der Waals surface area (Å²) in [4.78, 5) is 13.2. The topological polar surface area (TPSA) is 41.6 Å². The maximum absolute atomic E-state index is 11.5. The number of hydrogen-bond donors (Lipinski definition) is 1. The van der Waals surface area contributed by atoms with Gasteiger partial charge in [0, 0.05) is 24.5 Å². The Kier molecular flexibility index (Phi) is 2.58. The quantitative estimate of drug-likeness (QED) is 0.797. The van der Waals surface area contributed by atoms with Crippen molar-refractivity contribution in [1.29, 1.82) is 0 Å². The third-order valence-corrected chi connectivity index (χ3v) is 2.22. The molecule has 0 fully saturated rings. The fraction of sp³-hybridized carbons (Fsp3) is 0.182. The molecule has 1 aromatic carbocycles. The molecule has 0 bridgehead atoms. The van der Waals surface area contributed by atoms with Crippen molar-refractivity contribution in [2.45, 2.75) is 0 Å². The molecule has 1 heterocycles. The minimum atomic E-state index is -0.120. The van der Waals surface area contributed by atoms with E-state index in [9.17, 15) is 4.79 Å². The van der Waals surface area contributed by atoms with Gasteiger partial charge < -0.3 is 10.1 Å². The highest BCUT2D eigenvalue weighted by molar-refractivity contribution is 5.93. The molecule has 0 saturated carbocycles. The third kappa shape index (κ3) is 1.93. The van der Waals surface area contributed by atoms with Crippen molar-refractivity contribution in [3.8, 4) is 5.75 Å². The fourth-order valence-corrected chi connectivity index (χ4v) is 1.45. The van der Waals surface area contributed by atoms with Crippen LogP contribution in [0.3, 0.4) is 0 Å². The Bertz CT molecular complexity index is 401. The van der Waals surface area contributed by atoms with Crippen LogP contribution in [0, 0.1) is 0 Å². The second-order valence-corrected chi connectivity index (χ2v) is 3.16. The molecule has 0 saturated heterocycles. The Labute approximate surface area is 88.1 Å². The lowest BCUT2D eigenvalue weighted by Gasteiger charge is -2.24. The average molecular weight is 204 g/mol. The summed E-state index contributed by atoms with van der Waals surface area (Å²) in [5, 5.41) is 2.63. The Hall–Kier alpha value is -1.97. The van der Waals surface area contributed by atoms with E-state index >= 15 is 0 Å². The standard InChI is InChI=1S/C11H12N2O2/c1-15-10-5-2-4-9(8-10)13-7-3-6-12-11(13)14/h2-6,8H,7H2,1H3,(H,12,14). The van der Waals surface area contributed by atoms with E-state index in [1.165, 1.54) is 0 Å². The monoisotopic (exact) mass is 204 g/mol. The van der Waals surface area contributed by atoms with Crippen molar-refractivity contribution in [2.24, 2.45) is 0 Å². The summed E-state index contributed by atoms with van der Waals surface area (Å²) in [5.74, 6) is 0.745. The van der Waals surface area contributed by atoms with Crippen LogP contribution < -0.4 is 15.0 Å². The van der Waals surface area contributed by atoms with E-state index in [2.05, 4.69) is 5.32 Å². The van der Waals surface area contributed by atoms with Crippen LogP contribution in [0.2, 0.25) is 0 Å². The van der Waals surface area contributed by atoms with E-state index < -0.39 is 0 Å². The van der Waals surface area contributed by atoms with E-state index in [1.54, 1.807) is 18.2 Å². The van der Waals surface area contributed by atoms with Crippen LogP contribution in [0.4, 0.5) is 10.5 Å². The number of carbonyl (C=O) groups is 1. The van der Waals surface area contributed by atoms with Gasteiger partial charge in [-0.15, -0.1) is 0 Å². The third-order valence-electron chi connectivity index (χ3n) is 2.22. The minimum absolute atomic E-state index is 0.120. The fourth-order valence-electron chi connectivity index (χ4n) is 1.45. The number of nitrogens with zero attached hydrogens (tertiary/aromatic N) is 1. The van der Waals surface area contributed by atoms with Crippen molar-refractivity contribution in [2.75, 3.05) is 18.6 Å². The van der Waals surface area contributed by atoms with E-state index in [-0.39, 0.29) is 6.03 Å². The van der Waals surface area contributed by atoms with Crippen molar-refractivity contribution < 1.29 is 9.53 Å². The first-order chi connectivity index (χ1) is 7.31. The first kappa shape index (κ1) is 9.58. The minimum Gasteiger partial charge on any atom is -0.497 e. The zero-order valence-electron chi connectivity index (χ0n) is 8.43. The zero-order chi connectivity index (χ0) is 10.7. The van der Waals surface area contributed by atoms with Crippen LogP contribution in [-0.4, -0.2) is 19.7 Å². The zero-order valence-corrected chi connectivity index (χ0v) is 8.43.